The number of carbonyl (C=O) groups is 1. The van der Waals surface area contributed by atoms with Gasteiger partial charge >= 0.3 is 0 Å². The SMILES string of the molecule is O=C(NC1CCCC(O)C1)C1CNC1. The smallest absolute Gasteiger partial charge is 0.225 e. The molecule has 0 aromatic rings. The minimum absolute atomic E-state index is 0.155. The summed E-state index contributed by atoms with van der Waals surface area (Å²) >= 11 is 0. The molecule has 0 aromatic heterocycles. The Morgan fingerprint density at radius 1 is 1.36 bits per heavy atom. The van der Waals surface area contributed by atoms with Gasteiger partial charge < -0.3 is 15.7 Å². The van der Waals surface area contributed by atoms with Crippen LogP contribution < -0.4 is 10.6 Å². The van der Waals surface area contributed by atoms with Crippen molar-refractivity contribution in [2.24, 2.45) is 5.92 Å². The summed E-state index contributed by atoms with van der Waals surface area (Å²) in [6.07, 6.45) is 3.44. The van der Waals surface area contributed by atoms with Crippen LogP contribution in [0.5, 0.6) is 0 Å². The summed E-state index contributed by atoms with van der Waals surface area (Å²) in [6, 6.07) is 0.201. The fraction of sp³-hybridized carbons (Fsp3) is 0.900. The molecule has 1 saturated carbocycles. The minimum Gasteiger partial charge on any atom is -0.393 e. The molecule has 1 aliphatic carbocycles. The van der Waals surface area contributed by atoms with Crippen LogP contribution in [0.15, 0.2) is 0 Å². The van der Waals surface area contributed by atoms with Crippen LogP contribution in [0.1, 0.15) is 25.7 Å². The van der Waals surface area contributed by atoms with E-state index in [2.05, 4.69) is 10.6 Å². The molecule has 2 unspecified atom stereocenters. The Labute approximate surface area is 84.1 Å². The van der Waals surface area contributed by atoms with E-state index in [1.54, 1.807) is 0 Å². The Bertz CT molecular complexity index is 216. The van der Waals surface area contributed by atoms with Crippen LogP contribution >= 0.6 is 0 Å². The van der Waals surface area contributed by atoms with E-state index in [9.17, 15) is 9.90 Å². The number of aliphatic hydroxyl groups excluding tert-OH is 1. The van der Waals surface area contributed by atoms with Crippen molar-refractivity contribution < 1.29 is 9.90 Å². The second kappa shape index (κ2) is 4.28. The lowest BCUT2D eigenvalue weighted by Crippen LogP contribution is -2.53. The van der Waals surface area contributed by atoms with Crippen LogP contribution in [0.2, 0.25) is 0 Å². The lowest BCUT2D eigenvalue weighted by Gasteiger charge is -2.31. The predicted octanol–water partition coefficient (Wildman–Crippen LogP) is -0.375. The zero-order valence-corrected chi connectivity index (χ0v) is 8.33. The summed E-state index contributed by atoms with van der Waals surface area (Å²) in [5, 5.41) is 15.5. The number of aliphatic hydroxyl groups is 1. The first-order valence-electron chi connectivity index (χ1n) is 5.45. The Morgan fingerprint density at radius 2 is 2.14 bits per heavy atom. The van der Waals surface area contributed by atoms with Crippen LogP contribution in [0.25, 0.3) is 0 Å². The van der Waals surface area contributed by atoms with Crippen molar-refractivity contribution in [3.05, 3.63) is 0 Å². The van der Waals surface area contributed by atoms with E-state index in [1.165, 1.54) is 0 Å². The molecule has 1 saturated heterocycles. The maximum Gasteiger partial charge on any atom is 0.225 e. The molecule has 2 aliphatic rings. The van der Waals surface area contributed by atoms with Crippen LogP contribution in [0.4, 0.5) is 0 Å². The van der Waals surface area contributed by atoms with Gasteiger partial charge in [0, 0.05) is 19.1 Å². The number of carbonyl (C=O) groups excluding carboxylic acids is 1. The minimum atomic E-state index is -0.214. The van der Waals surface area contributed by atoms with Gasteiger partial charge in [-0.2, -0.15) is 0 Å². The second-order valence-corrected chi connectivity index (χ2v) is 4.38. The summed E-state index contributed by atoms with van der Waals surface area (Å²) in [5.41, 5.74) is 0. The molecule has 4 nitrogen and oxygen atoms in total. The molecule has 14 heavy (non-hydrogen) atoms. The normalized spacial score (nSPS) is 33.5. The molecular weight excluding hydrogens is 180 g/mol. The average Bonchev–Trinajstić information content (AvgIpc) is 1.99. The van der Waals surface area contributed by atoms with Gasteiger partial charge in [0.05, 0.1) is 12.0 Å². The molecule has 1 aliphatic heterocycles. The van der Waals surface area contributed by atoms with Gasteiger partial charge in [-0.1, -0.05) is 0 Å². The van der Waals surface area contributed by atoms with Gasteiger partial charge in [0.25, 0.3) is 0 Å². The maximum atomic E-state index is 11.6. The molecule has 80 valence electrons. The van der Waals surface area contributed by atoms with Gasteiger partial charge in [-0.25, -0.2) is 0 Å². The molecule has 1 amide bonds. The Morgan fingerprint density at radius 3 is 2.71 bits per heavy atom. The molecule has 2 fully saturated rings. The molecule has 0 spiro atoms. The zero-order chi connectivity index (χ0) is 9.97. The van der Waals surface area contributed by atoms with Gasteiger partial charge in [-0.15, -0.1) is 0 Å². The molecular formula is C10H18N2O2. The Hall–Kier alpha value is -0.610. The predicted molar refractivity (Wildman–Crippen MR) is 52.8 cm³/mol. The number of amides is 1. The second-order valence-electron chi connectivity index (χ2n) is 4.38. The lowest BCUT2D eigenvalue weighted by molar-refractivity contribution is -0.127. The standard InChI is InChI=1S/C10H18N2O2/c13-9-3-1-2-8(4-9)12-10(14)7-5-11-6-7/h7-9,11,13H,1-6H2,(H,12,14). The first kappa shape index (κ1) is 9.93. The number of hydrogen-bond donors (Lipinski definition) is 3. The first-order valence-corrected chi connectivity index (χ1v) is 5.45. The highest BCUT2D eigenvalue weighted by Gasteiger charge is 2.28. The number of rotatable bonds is 2. The van der Waals surface area contributed by atoms with E-state index in [0.717, 1.165) is 38.8 Å². The van der Waals surface area contributed by atoms with Crippen LogP contribution in [0.3, 0.4) is 0 Å². The molecule has 0 aromatic carbocycles. The summed E-state index contributed by atoms with van der Waals surface area (Å²) in [4.78, 5) is 11.6. The Balaban J connectivity index is 1.75. The highest BCUT2D eigenvalue weighted by molar-refractivity contribution is 5.80. The van der Waals surface area contributed by atoms with E-state index < -0.39 is 0 Å². The van der Waals surface area contributed by atoms with Crippen LogP contribution in [0, 0.1) is 5.92 Å². The van der Waals surface area contributed by atoms with Gasteiger partial charge in [0.15, 0.2) is 0 Å². The molecule has 3 N–H and O–H groups in total. The summed E-state index contributed by atoms with van der Waals surface area (Å²) in [7, 11) is 0. The third-order valence-electron chi connectivity index (χ3n) is 3.15. The van der Waals surface area contributed by atoms with Crippen molar-refractivity contribution in [1.82, 2.24) is 10.6 Å². The molecule has 0 bridgehead atoms. The van der Waals surface area contributed by atoms with Gasteiger partial charge in [-0.05, 0) is 25.7 Å². The van der Waals surface area contributed by atoms with Gasteiger partial charge in [-0.3, -0.25) is 4.79 Å². The summed E-state index contributed by atoms with van der Waals surface area (Å²) in [5.74, 6) is 0.317. The molecule has 2 atom stereocenters. The Kier molecular flexibility index (Phi) is 3.03. The van der Waals surface area contributed by atoms with Crippen LogP contribution in [-0.2, 0) is 4.79 Å². The highest BCUT2D eigenvalue weighted by atomic mass is 16.3. The maximum absolute atomic E-state index is 11.6. The average molecular weight is 198 g/mol. The van der Waals surface area contributed by atoms with Crippen molar-refractivity contribution in [3.8, 4) is 0 Å². The largest absolute Gasteiger partial charge is 0.393 e. The topological polar surface area (TPSA) is 61.4 Å². The van der Waals surface area contributed by atoms with Crippen molar-refractivity contribution in [2.75, 3.05) is 13.1 Å². The molecule has 2 rings (SSSR count). The van der Waals surface area contributed by atoms with Crippen molar-refractivity contribution >= 4 is 5.91 Å². The molecule has 0 radical (unpaired) electrons. The first-order chi connectivity index (χ1) is 6.75. The van der Waals surface area contributed by atoms with E-state index in [0.29, 0.717) is 0 Å². The highest BCUT2D eigenvalue weighted by Crippen LogP contribution is 2.18. The van der Waals surface area contributed by atoms with Crippen LogP contribution in [-0.4, -0.2) is 36.2 Å². The lowest BCUT2D eigenvalue weighted by atomic mass is 9.92. The van der Waals surface area contributed by atoms with E-state index in [-0.39, 0.29) is 24.0 Å². The number of nitrogens with one attached hydrogen (secondary N) is 2. The summed E-state index contributed by atoms with van der Waals surface area (Å²) in [6.45, 7) is 1.61. The third kappa shape index (κ3) is 2.25. The van der Waals surface area contributed by atoms with E-state index in [1.807, 2.05) is 0 Å². The third-order valence-corrected chi connectivity index (χ3v) is 3.15. The fourth-order valence-electron chi connectivity index (χ4n) is 2.09. The van der Waals surface area contributed by atoms with Gasteiger partial charge in [0.1, 0.15) is 0 Å². The van der Waals surface area contributed by atoms with Crippen molar-refractivity contribution in [2.45, 2.75) is 37.8 Å². The van der Waals surface area contributed by atoms with Gasteiger partial charge in [0.2, 0.25) is 5.91 Å². The van der Waals surface area contributed by atoms with E-state index in [4.69, 9.17) is 0 Å². The quantitative estimate of drug-likeness (QED) is 0.567. The van der Waals surface area contributed by atoms with E-state index >= 15 is 0 Å². The fourth-order valence-corrected chi connectivity index (χ4v) is 2.09. The molecule has 1 heterocycles. The molecule has 4 heteroatoms. The number of hydrogen-bond acceptors (Lipinski definition) is 3. The van der Waals surface area contributed by atoms with Crippen molar-refractivity contribution in [3.63, 3.8) is 0 Å². The summed E-state index contributed by atoms with van der Waals surface area (Å²) < 4.78 is 0. The zero-order valence-electron chi connectivity index (χ0n) is 8.33. The monoisotopic (exact) mass is 198 g/mol. The van der Waals surface area contributed by atoms with Crippen molar-refractivity contribution in [1.29, 1.82) is 0 Å².